The summed E-state index contributed by atoms with van der Waals surface area (Å²) in [5.74, 6) is -1.81. The van der Waals surface area contributed by atoms with E-state index < -0.39 is 17.7 Å². The molecule has 2 fully saturated rings. The molecular formula is C19H26F2N2O4. The smallest absolute Gasteiger partial charge is 0.317 e. The molecule has 0 spiro atoms. The predicted octanol–water partition coefficient (Wildman–Crippen LogP) is 2.63. The molecule has 2 saturated heterocycles. The highest BCUT2D eigenvalue weighted by molar-refractivity contribution is 5.74. The molecule has 8 heteroatoms. The van der Waals surface area contributed by atoms with Gasteiger partial charge in [0.05, 0.1) is 25.9 Å². The Kier molecular flexibility index (Phi) is 7.37. The van der Waals surface area contributed by atoms with Crippen LogP contribution in [0.4, 0.5) is 13.6 Å². The Balaban J connectivity index is 1.35. The Morgan fingerprint density at radius 1 is 1.26 bits per heavy atom. The van der Waals surface area contributed by atoms with Crippen LogP contribution in [-0.4, -0.2) is 63.1 Å². The summed E-state index contributed by atoms with van der Waals surface area (Å²) in [7, 11) is 0. The summed E-state index contributed by atoms with van der Waals surface area (Å²) in [5, 5.41) is 2.86. The van der Waals surface area contributed by atoms with E-state index in [0.717, 1.165) is 38.0 Å². The fourth-order valence-corrected chi connectivity index (χ4v) is 3.22. The Morgan fingerprint density at radius 3 is 2.93 bits per heavy atom. The fraction of sp³-hybridized carbons (Fsp3) is 0.632. The van der Waals surface area contributed by atoms with Gasteiger partial charge in [0.1, 0.15) is 6.10 Å². The van der Waals surface area contributed by atoms with E-state index in [-0.39, 0.29) is 12.1 Å². The normalized spacial score (nSPS) is 22.8. The van der Waals surface area contributed by atoms with Crippen LogP contribution < -0.4 is 5.32 Å². The van der Waals surface area contributed by atoms with Crippen LogP contribution in [0.15, 0.2) is 18.2 Å². The van der Waals surface area contributed by atoms with Gasteiger partial charge in [0, 0.05) is 26.3 Å². The molecule has 2 amide bonds. The molecule has 3 rings (SSSR count). The van der Waals surface area contributed by atoms with Gasteiger partial charge in [0.25, 0.3) is 0 Å². The summed E-state index contributed by atoms with van der Waals surface area (Å²) in [6, 6.07) is 3.48. The lowest BCUT2D eigenvalue weighted by Gasteiger charge is -2.33. The molecule has 0 aromatic heterocycles. The van der Waals surface area contributed by atoms with E-state index in [0.29, 0.717) is 45.0 Å². The van der Waals surface area contributed by atoms with Gasteiger partial charge in [-0.2, -0.15) is 0 Å². The second-order valence-electron chi connectivity index (χ2n) is 6.77. The zero-order valence-corrected chi connectivity index (χ0v) is 15.3. The summed E-state index contributed by atoms with van der Waals surface area (Å²) < 4.78 is 43.1. The van der Waals surface area contributed by atoms with Crippen molar-refractivity contribution in [3.63, 3.8) is 0 Å². The molecular weight excluding hydrogens is 358 g/mol. The lowest BCUT2D eigenvalue weighted by molar-refractivity contribution is -0.0157. The van der Waals surface area contributed by atoms with Crippen molar-refractivity contribution in [1.82, 2.24) is 10.2 Å². The Morgan fingerprint density at radius 2 is 2.15 bits per heavy atom. The standard InChI is InChI=1S/C19H26F2N2O4/c20-16-5-4-14(11-17(16)21)18-12-23(7-10-27-18)19(24)22-6-2-8-25-13-15-3-1-9-26-15/h4-5,11,15,18H,1-3,6-10,12-13H2,(H,22,24). The largest absolute Gasteiger partial charge is 0.379 e. The van der Waals surface area contributed by atoms with E-state index in [9.17, 15) is 13.6 Å². The van der Waals surface area contributed by atoms with Gasteiger partial charge in [-0.25, -0.2) is 13.6 Å². The minimum Gasteiger partial charge on any atom is -0.379 e. The average Bonchev–Trinajstić information content (AvgIpc) is 3.20. The Bertz CT molecular complexity index is 626. The number of ether oxygens (including phenoxy) is 3. The molecule has 1 aromatic carbocycles. The van der Waals surface area contributed by atoms with E-state index in [1.807, 2.05) is 0 Å². The lowest BCUT2D eigenvalue weighted by Crippen LogP contribution is -2.47. The summed E-state index contributed by atoms with van der Waals surface area (Å²) in [5.41, 5.74) is 0.522. The van der Waals surface area contributed by atoms with Gasteiger partial charge in [0.15, 0.2) is 11.6 Å². The summed E-state index contributed by atoms with van der Waals surface area (Å²) in [6.07, 6.45) is 2.60. The number of rotatable bonds is 7. The first-order valence-corrected chi connectivity index (χ1v) is 9.42. The second kappa shape index (κ2) is 9.96. The number of urea groups is 1. The van der Waals surface area contributed by atoms with Crippen molar-refractivity contribution in [2.24, 2.45) is 0 Å². The first-order chi connectivity index (χ1) is 13.1. The summed E-state index contributed by atoms with van der Waals surface area (Å²) in [6.45, 7) is 3.61. The van der Waals surface area contributed by atoms with Gasteiger partial charge in [-0.1, -0.05) is 6.07 Å². The molecule has 2 unspecified atom stereocenters. The van der Waals surface area contributed by atoms with Gasteiger partial charge in [0.2, 0.25) is 0 Å². The molecule has 6 nitrogen and oxygen atoms in total. The van der Waals surface area contributed by atoms with Gasteiger partial charge >= 0.3 is 6.03 Å². The molecule has 2 aliphatic heterocycles. The maximum atomic E-state index is 13.4. The van der Waals surface area contributed by atoms with Crippen LogP contribution >= 0.6 is 0 Å². The number of halogens is 2. The number of nitrogens with one attached hydrogen (secondary N) is 1. The number of morpholine rings is 1. The van der Waals surface area contributed by atoms with E-state index in [4.69, 9.17) is 14.2 Å². The first-order valence-electron chi connectivity index (χ1n) is 9.42. The van der Waals surface area contributed by atoms with Gasteiger partial charge in [-0.15, -0.1) is 0 Å². The molecule has 0 aliphatic carbocycles. The minimum atomic E-state index is -0.916. The van der Waals surface area contributed by atoms with Crippen molar-refractivity contribution >= 4 is 6.03 Å². The van der Waals surface area contributed by atoms with Crippen molar-refractivity contribution in [2.45, 2.75) is 31.5 Å². The van der Waals surface area contributed by atoms with Gasteiger partial charge < -0.3 is 24.4 Å². The van der Waals surface area contributed by atoms with Crippen LogP contribution in [0.1, 0.15) is 30.9 Å². The molecule has 1 N–H and O–H groups in total. The summed E-state index contributed by atoms with van der Waals surface area (Å²) in [4.78, 5) is 13.9. The monoisotopic (exact) mass is 384 g/mol. The van der Waals surface area contributed by atoms with Gasteiger partial charge in [-0.3, -0.25) is 0 Å². The number of hydrogen-bond donors (Lipinski definition) is 1. The average molecular weight is 384 g/mol. The topological polar surface area (TPSA) is 60.0 Å². The maximum Gasteiger partial charge on any atom is 0.317 e. The molecule has 1 aromatic rings. The van der Waals surface area contributed by atoms with Crippen molar-refractivity contribution < 1.29 is 27.8 Å². The van der Waals surface area contributed by atoms with Crippen LogP contribution in [0.5, 0.6) is 0 Å². The highest BCUT2D eigenvalue weighted by Crippen LogP contribution is 2.23. The maximum absolute atomic E-state index is 13.4. The lowest BCUT2D eigenvalue weighted by atomic mass is 10.1. The molecule has 2 aliphatic rings. The minimum absolute atomic E-state index is 0.190. The van der Waals surface area contributed by atoms with E-state index in [1.54, 1.807) is 4.90 Å². The fourth-order valence-electron chi connectivity index (χ4n) is 3.22. The molecule has 27 heavy (non-hydrogen) atoms. The van der Waals surface area contributed by atoms with Crippen LogP contribution in [0.2, 0.25) is 0 Å². The van der Waals surface area contributed by atoms with Crippen molar-refractivity contribution in [3.05, 3.63) is 35.4 Å². The zero-order valence-electron chi connectivity index (χ0n) is 15.3. The third kappa shape index (κ3) is 5.85. The van der Waals surface area contributed by atoms with Crippen molar-refractivity contribution in [3.8, 4) is 0 Å². The number of hydrogen-bond acceptors (Lipinski definition) is 4. The molecule has 0 bridgehead atoms. The number of carbonyl (C=O) groups excluding carboxylic acids is 1. The first kappa shape index (κ1) is 20.0. The van der Waals surface area contributed by atoms with E-state index in [2.05, 4.69) is 5.32 Å². The predicted molar refractivity (Wildman–Crippen MR) is 94.4 cm³/mol. The molecule has 2 heterocycles. The third-order valence-corrected chi connectivity index (χ3v) is 4.74. The number of amides is 2. The third-order valence-electron chi connectivity index (χ3n) is 4.74. The summed E-state index contributed by atoms with van der Waals surface area (Å²) >= 11 is 0. The molecule has 0 radical (unpaired) electrons. The highest BCUT2D eigenvalue weighted by atomic mass is 19.2. The van der Waals surface area contributed by atoms with Crippen LogP contribution in [0, 0.1) is 11.6 Å². The molecule has 0 saturated carbocycles. The van der Waals surface area contributed by atoms with Crippen molar-refractivity contribution in [2.75, 3.05) is 46.1 Å². The number of benzene rings is 1. The van der Waals surface area contributed by atoms with Gasteiger partial charge in [-0.05, 0) is 37.0 Å². The zero-order chi connectivity index (χ0) is 19.1. The Hall–Kier alpha value is -1.77. The Labute approximate surface area is 157 Å². The quantitative estimate of drug-likeness (QED) is 0.735. The van der Waals surface area contributed by atoms with Crippen molar-refractivity contribution in [1.29, 1.82) is 0 Å². The van der Waals surface area contributed by atoms with Crippen LogP contribution in [0.25, 0.3) is 0 Å². The number of carbonyl (C=O) groups is 1. The molecule has 150 valence electrons. The highest BCUT2D eigenvalue weighted by Gasteiger charge is 2.26. The SMILES string of the molecule is O=C(NCCCOCC1CCCO1)N1CCOC(c2ccc(F)c(F)c2)C1. The van der Waals surface area contributed by atoms with E-state index >= 15 is 0 Å². The van der Waals surface area contributed by atoms with Crippen LogP contribution in [-0.2, 0) is 14.2 Å². The second-order valence-corrected chi connectivity index (χ2v) is 6.77. The molecule has 2 atom stereocenters. The number of nitrogens with zero attached hydrogens (tertiary/aromatic N) is 1. The van der Waals surface area contributed by atoms with Crippen LogP contribution in [0.3, 0.4) is 0 Å². The van der Waals surface area contributed by atoms with E-state index in [1.165, 1.54) is 6.07 Å².